The lowest BCUT2D eigenvalue weighted by Crippen LogP contribution is -2.55. The van der Waals surface area contributed by atoms with Gasteiger partial charge >= 0.3 is 6.18 Å². The quantitative estimate of drug-likeness (QED) is 0.734. The fourth-order valence-electron chi connectivity index (χ4n) is 4.67. The molecule has 0 saturated carbocycles. The third-order valence-corrected chi connectivity index (χ3v) is 6.24. The molecule has 0 bridgehead atoms. The molecular weight excluding hydrogens is 419 g/mol. The van der Waals surface area contributed by atoms with Crippen LogP contribution in [0, 0.1) is 0 Å². The van der Waals surface area contributed by atoms with Crippen LogP contribution in [0.25, 0.3) is 0 Å². The third kappa shape index (κ3) is 4.18. The minimum atomic E-state index is -4.49. The van der Waals surface area contributed by atoms with E-state index < -0.39 is 17.6 Å². The Balaban J connectivity index is 1.57. The van der Waals surface area contributed by atoms with Crippen molar-refractivity contribution in [2.45, 2.75) is 51.5 Å². The summed E-state index contributed by atoms with van der Waals surface area (Å²) < 4.78 is 39.6. The topological polar surface area (TPSA) is 52.7 Å². The fourth-order valence-corrected chi connectivity index (χ4v) is 4.67. The van der Waals surface area contributed by atoms with E-state index >= 15 is 0 Å². The van der Waals surface area contributed by atoms with Crippen molar-refractivity contribution < 1.29 is 22.8 Å². The Morgan fingerprint density at radius 3 is 2.66 bits per heavy atom. The average Bonchev–Trinajstić information content (AvgIpc) is 3.03. The number of anilines is 1. The van der Waals surface area contributed by atoms with Crippen molar-refractivity contribution in [2.24, 2.45) is 0 Å². The van der Waals surface area contributed by atoms with Crippen molar-refractivity contribution in [1.29, 1.82) is 0 Å². The van der Waals surface area contributed by atoms with Crippen LogP contribution in [0.2, 0.25) is 0 Å². The Morgan fingerprint density at radius 1 is 1.12 bits per heavy atom. The summed E-state index contributed by atoms with van der Waals surface area (Å²) in [5, 5.41) is 2.59. The molecule has 32 heavy (non-hydrogen) atoms. The minimum absolute atomic E-state index is 0.00534. The van der Waals surface area contributed by atoms with Gasteiger partial charge in [-0.3, -0.25) is 9.59 Å². The van der Waals surface area contributed by atoms with E-state index in [1.807, 2.05) is 11.8 Å². The predicted molar refractivity (Wildman–Crippen MR) is 115 cm³/mol. The SMILES string of the molecule is CCN1c2cc(C(=O)NCc3ccccc3C(F)(F)F)ccc2C(=O)N2CCCCC[C@H]21. The first-order chi connectivity index (χ1) is 15.3. The van der Waals surface area contributed by atoms with Gasteiger partial charge in [0.05, 0.1) is 16.8 Å². The highest BCUT2D eigenvalue weighted by Crippen LogP contribution is 2.35. The van der Waals surface area contributed by atoms with Gasteiger partial charge in [-0.15, -0.1) is 0 Å². The number of alkyl halides is 3. The molecule has 2 aromatic rings. The Hall–Kier alpha value is -3.03. The van der Waals surface area contributed by atoms with E-state index in [9.17, 15) is 22.8 Å². The molecule has 0 spiro atoms. The first kappa shape index (κ1) is 22.2. The summed E-state index contributed by atoms with van der Waals surface area (Å²) in [5.74, 6) is -0.501. The highest BCUT2D eigenvalue weighted by Gasteiger charge is 2.37. The minimum Gasteiger partial charge on any atom is -0.351 e. The molecule has 0 unspecified atom stereocenters. The molecular formula is C24H26F3N3O2. The zero-order chi connectivity index (χ0) is 22.9. The number of carbonyl (C=O) groups is 2. The zero-order valence-electron chi connectivity index (χ0n) is 17.9. The van der Waals surface area contributed by atoms with Crippen LogP contribution in [-0.4, -0.2) is 36.0 Å². The lowest BCUT2D eigenvalue weighted by Gasteiger charge is -2.44. The summed E-state index contributed by atoms with van der Waals surface area (Å²) in [6.07, 6.45) is -0.530. The fraction of sp³-hybridized carbons (Fsp3) is 0.417. The number of hydrogen-bond donors (Lipinski definition) is 1. The van der Waals surface area contributed by atoms with E-state index in [2.05, 4.69) is 10.2 Å². The molecule has 5 nitrogen and oxygen atoms in total. The maximum atomic E-state index is 13.2. The lowest BCUT2D eigenvalue weighted by atomic mass is 10.0. The number of nitrogens with zero attached hydrogens (tertiary/aromatic N) is 2. The van der Waals surface area contributed by atoms with Crippen LogP contribution in [0.15, 0.2) is 42.5 Å². The number of rotatable bonds is 4. The summed E-state index contributed by atoms with van der Waals surface area (Å²) in [6, 6.07) is 10.1. The monoisotopic (exact) mass is 445 g/mol. The molecule has 2 aliphatic heterocycles. The summed E-state index contributed by atoms with van der Waals surface area (Å²) in [7, 11) is 0. The molecule has 2 aliphatic rings. The number of fused-ring (bicyclic) bond motifs is 2. The smallest absolute Gasteiger partial charge is 0.351 e. The Kier molecular flexibility index (Phi) is 6.13. The van der Waals surface area contributed by atoms with Gasteiger partial charge in [-0.2, -0.15) is 13.2 Å². The summed E-state index contributed by atoms with van der Waals surface area (Å²) >= 11 is 0. The molecule has 2 amide bonds. The van der Waals surface area contributed by atoms with E-state index in [4.69, 9.17) is 0 Å². The zero-order valence-corrected chi connectivity index (χ0v) is 17.9. The van der Waals surface area contributed by atoms with Crippen LogP contribution >= 0.6 is 0 Å². The second-order valence-corrected chi connectivity index (χ2v) is 8.18. The Bertz CT molecular complexity index is 1020. The van der Waals surface area contributed by atoms with E-state index in [1.54, 1.807) is 18.2 Å². The van der Waals surface area contributed by atoms with Crippen molar-refractivity contribution in [1.82, 2.24) is 10.2 Å². The molecule has 0 aliphatic carbocycles. The average molecular weight is 445 g/mol. The molecule has 1 atom stereocenters. The van der Waals surface area contributed by atoms with Crippen molar-refractivity contribution in [3.8, 4) is 0 Å². The maximum Gasteiger partial charge on any atom is 0.416 e. The van der Waals surface area contributed by atoms with Gasteiger partial charge in [-0.25, -0.2) is 0 Å². The second-order valence-electron chi connectivity index (χ2n) is 8.18. The van der Waals surface area contributed by atoms with Crippen molar-refractivity contribution >= 4 is 17.5 Å². The molecule has 1 fully saturated rings. The first-order valence-electron chi connectivity index (χ1n) is 11.0. The highest BCUT2D eigenvalue weighted by atomic mass is 19.4. The Labute approximate surface area is 185 Å². The molecule has 4 rings (SSSR count). The van der Waals surface area contributed by atoms with Crippen LogP contribution in [0.5, 0.6) is 0 Å². The maximum absolute atomic E-state index is 13.2. The van der Waals surface area contributed by atoms with Crippen LogP contribution in [0.3, 0.4) is 0 Å². The molecule has 1 N–H and O–H groups in total. The number of benzene rings is 2. The standard InChI is InChI=1S/C24H26F3N3O2/c1-2-29-20-14-16(11-12-18(20)23(32)30-13-7-3-4-10-21(29)30)22(31)28-15-17-8-5-6-9-19(17)24(25,26)27/h5-6,8-9,11-12,14,21H,2-4,7,10,13,15H2,1H3,(H,28,31)/t21-/m0/s1. The van der Waals surface area contributed by atoms with E-state index in [-0.39, 0.29) is 24.2 Å². The first-order valence-corrected chi connectivity index (χ1v) is 11.0. The normalized spacial score (nSPS) is 18.6. The van der Waals surface area contributed by atoms with Gasteiger partial charge in [0.1, 0.15) is 6.17 Å². The van der Waals surface area contributed by atoms with Gasteiger partial charge in [0.25, 0.3) is 11.8 Å². The number of carbonyl (C=O) groups excluding carboxylic acids is 2. The predicted octanol–water partition coefficient (Wildman–Crippen LogP) is 4.82. The van der Waals surface area contributed by atoms with Gasteiger partial charge < -0.3 is 15.1 Å². The molecule has 0 radical (unpaired) electrons. The molecule has 1 saturated heterocycles. The van der Waals surface area contributed by atoms with E-state index in [1.165, 1.54) is 18.2 Å². The van der Waals surface area contributed by atoms with Gasteiger partial charge in [0.2, 0.25) is 0 Å². The number of amides is 2. The van der Waals surface area contributed by atoms with E-state index in [0.29, 0.717) is 23.4 Å². The van der Waals surface area contributed by atoms with Crippen LogP contribution in [0.1, 0.15) is 64.4 Å². The van der Waals surface area contributed by atoms with Gasteiger partial charge in [0.15, 0.2) is 0 Å². The van der Waals surface area contributed by atoms with E-state index in [0.717, 1.165) is 38.3 Å². The van der Waals surface area contributed by atoms with Crippen molar-refractivity contribution in [3.63, 3.8) is 0 Å². The number of halogens is 3. The van der Waals surface area contributed by atoms with Crippen molar-refractivity contribution in [3.05, 3.63) is 64.7 Å². The van der Waals surface area contributed by atoms with Crippen LogP contribution < -0.4 is 10.2 Å². The highest BCUT2D eigenvalue weighted by molar-refractivity contribution is 6.04. The third-order valence-electron chi connectivity index (χ3n) is 6.24. The molecule has 170 valence electrons. The summed E-state index contributed by atoms with van der Waals surface area (Å²) in [4.78, 5) is 29.9. The van der Waals surface area contributed by atoms with Crippen LogP contribution in [-0.2, 0) is 12.7 Å². The summed E-state index contributed by atoms with van der Waals surface area (Å²) in [5.41, 5.74) is 0.835. The van der Waals surface area contributed by atoms with Crippen LogP contribution in [0.4, 0.5) is 18.9 Å². The molecule has 2 aromatic carbocycles. The molecule has 2 heterocycles. The molecule has 0 aromatic heterocycles. The van der Waals surface area contributed by atoms with Crippen molar-refractivity contribution in [2.75, 3.05) is 18.0 Å². The second kappa shape index (κ2) is 8.84. The number of hydrogen-bond acceptors (Lipinski definition) is 3. The number of nitrogens with one attached hydrogen (secondary N) is 1. The largest absolute Gasteiger partial charge is 0.416 e. The van der Waals surface area contributed by atoms with Gasteiger partial charge in [-0.05, 0) is 56.0 Å². The van der Waals surface area contributed by atoms with Gasteiger partial charge in [0, 0.05) is 25.2 Å². The lowest BCUT2D eigenvalue weighted by molar-refractivity contribution is -0.138. The van der Waals surface area contributed by atoms with Gasteiger partial charge in [-0.1, -0.05) is 24.6 Å². The Morgan fingerprint density at radius 2 is 1.91 bits per heavy atom. The molecule has 8 heteroatoms. The summed E-state index contributed by atoms with van der Waals surface area (Å²) in [6.45, 7) is 3.19.